The summed E-state index contributed by atoms with van der Waals surface area (Å²) in [6.07, 6.45) is 4.94. The van der Waals surface area contributed by atoms with Gasteiger partial charge < -0.3 is 25.1 Å². The lowest BCUT2D eigenvalue weighted by atomic mass is 9.96. The molecule has 2 aliphatic rings. The molecular formula is C33H43N5O4. The average molecular weight is 574 g/mol. The van der Waals surface area contributed by atoms with Crippen LogP contribution in [-0.2, 0) is 22.6 Å². The first-order chi connectivity index (χ1) is 20.3. The second-order valence-corrected chi connectivity index (χ2v) is 11.5. The summed E-state index contributed by atoms with van der Waals surface area (Å²) in [7, 11) is 0. The number of aryl methyl sites for hydroxylation is 2. The third-order valence-corrected chi connectivity index (χ3v) is 8.40. The molecule has 0 saturated carbocycles. The molecule has 0 spiro atoms. The largest absolute Gasteiger partial charge is 0.382 e. The van der Waals surface area contributed by atoms with Crippen molar-refractivity contribution in [3.05, 3.63) is 80.5 Å². The molecule has 224 valence electrons. The normalized spacial score (nSPS) is 19.4. The van der Waals surface area contributed by atoms with Crippen molar-refractivity contribution in [2.45, 2.75) is 72.2 Å². The molecule has 2 unspecified atom stereocenters. The van der Waals surface area contributed by atoms with E-state index in [1.165, 1.54) is 0 Å². The predicted molar refractivity (Wildman–Crippen MR) is 165 cm³/mol. The zero-order valence-corrected chi connectivity index (χ0v) is 25.2. The second kappa shape index (κ2) is 13.6. The summed E-state index contributed by atoms with van der Waals surface area (Å²) in [4.78, 5) is 36.1. The molecule has 0 radical (unpaired) electrons. The third-order valence-electron chi connectivity index (χ3n) is 8.40. The number of morpholine rings is 1. The van der Waals surface area contributed by atoms with Crippen molar-refractivity contribution in [1.29, 1.82) is 0 Å². The molecule has 4 heterocycles. The van der Waals surface area contributed by atoms with Crippen molar-refractivity contribution in [2.24, 2.45) is 0 Å². The summed E-state index contributed by atoms with van der Waals surface area (Å²) in [5.74, 6) is -0.216. The quantitative estimate of drug-likeness (QED) is 0.346. The first-order valence-corrected chi connectivity index (χ1v) is 15.1. The van der Waals surface area contributed by atoms with Gasteiger partial charge >= 0.3 is 0 Å². The highest BCUT2D eigenvalue weighted by molar-refractivity contribution is 5.98. The standard InChI is InChI=1S/C33H43N5O4/c1-5-28-17-26(8-11-42-28)37-31-16-25(24-6-7-27(34-18-24)20-38-9-12-41-13-10-38)15-29(23(31)4)32(39)35-19-30-21(2)14-22(3)36-33(30)40/h6-7,14-16,18,26,28,37H,5,8-13,17,19-20H2,1-4H3,(H,35,39)(H,36,40). The molecular weight excluding hydrogens is 530 g/mol. The number of hydrogen-bond acceptors (Lipinski definition) is 7. The van der Waals surface area contributed by atoms with Crippen LogP contribution in [0.4, 0.5) is 5.69 Å². The molecule has 1 amide bonds. The lowest BCUT2D eigenvalue weighted by Gasteiger charge is -2.31. The lowest BCUT2D eigenvalue weighted by molar-refractivity contribution is 0.00924. The highest BCUT2D eigenvalue weighted by Gasteiger charge is 2.23. The van der Waals surface area contributed by atoms with E-state index >= 15 is 0 Å². The van der Waals surface area contributed by atoms with E-state index in [-0.39, 0.29) is 30.2 Å². The van der Waals surface area contributed by atoms with Crippen LogP contribution in [-0.4, -0.2) is 65.8 Å². The minimum Gasteiger partial charge on any atom is -0.382 e. The van der Waals surface area contributed by atoms with E-state index in [1.807, 2.05) is 39.1 Å². The number of rotatable bonds is 9. The van der Waals surface area contributed by atoms with E-state index in [4.69, 9.17) is 14.5 Å². The molecule has 0 bridgehead atoms. The minimum absolute atomic E-state index is 0.155. The Hall–Kier alpha value is -3.53. The number of aromatic nitrogens is 2. The molecule has 2 fully saturated rings. The van der Waals surface area contributed by atoms with Gasteiger partial charge in [0.1, 0.15) is 0 Å². The van der Waals surface area contributed by atoms with Gasteiger partial charge in [-0.2, -0.15) is 0 Å². The van der Waals surface area contributed by atoms with Gasteiger partial charge in [0, 0.05) is 73.1 Å². The van der Waals surface area contributed by atoms with Crippen molar-refractivity contribution < 1.29 is 14.3 Å². The number of amides is 1. The molecule has 9 nitrogen and oxygen atoms in total. The topological polar surface area (TPSA) is 109 Å². The van der Waals surface area contributed by atoms with Gasteiger partial charge in [0.2, 0.25) is 0 Å². The van der Waals surface area contributed by atoms with Gasteiger partial charge in [-0.25, -0.2) is 0 Å². The van der Waals surface area contributed by atoms with Crippen molar-refractivity contribution in [2.75, 3.05) is 38.2 Å². The summed E-state index contributed by atoms with van der Waals surface area (Å²) in [6.45, 7) is 12.9. The van der Waals surface area contributed by atoms with Crippen LogP contribution in [0.1, 0.15) is 64.6 Å². The summed E-state index contributed by atoms with van der Waals surface area (Å²) in [5, 5.41) is 6.73. The number of aromatic amines is 1. The molecule has 5 rings (SSSR count). The van der Waals surface area contributed by atoms with E-state index in [0.29, 0.717) is 11.1 Å². The fourth-order valence-corrected chi connectivity index (χ4v) is 5.82. The van der Waals surface area contributed by atoms with Crippen LogP contribution in [0.15, 0.2) is 41.3 Å². The smallest absolute Gasteiger partial charge is 0.253 e. The van der Waals surface area contributed by atoms with Gasteiger partial charge in [-0.3, -0.25) is 19.5 Å². The van der Waals surface area contributed by atoms with Gasteiger partial charge in [0.15, 0.2) is 0 Å². The van der Waals surface area contributed by atoms with E-state index in [2.05, 4.69) is 45.6 Å². The van der Waals surface area contributed by atoms with Crippen LogP contribution in [0, 0.1) is 20.8 Å². The number of benzene rings is 1. The Balaban J connectivity index is 1.41. The highest BCUT2D eigenvalue weighted by atomic mass is 16.5. The van der Waals surface area contributed by atoms with Gasteiger partial charge in [0.25, 0.3) is 11.5 Å². The van der Waals surface area contributed by atoms with Gasteiger partial charge in [0.05, 0.1) is 25.0 Å². The van der Waals surface area contributed by atoms with E-state index < -0.39 is 0 Å². The molecule has 9 heteroatoms. The first kappa shape index (κ1) is 29.9. The summed E-state index contributed by atoms with van der Waals surface area (Å²) in [5.41, 5.74) is 7.31. The van der Waals surface area contributed by atoms with Gasteiger partial charge in [-0.15, -0.1) is 0 Å². The minimum atomic E-state index is -0.216. The van der Waals surface area contributed by atoms with Crippen molar-refractivity contribution in [3.8, 4) is 11.1 Å². The van der Waals surface area contributed by atoms with E-state index in [9.17, 15) is 9.59 Å². The average Bonchev–Trinajstić information content (AvgIpc) is 2.98. The third kappa shape index (κ3) is 7.27. The predicted octanol–water partition coefficient (Wildman–Crippen LogP) is 4.49. The number of pyridine rings is 2. The molecule has 1 aromatic carbocycles. The zero-order valence-electron chi connectivity index (χ0n) is 25.2. The van der Waals surface area contributed by atoms with E-state index in [1.54, 1.807) is 0 Å². The van der Waals surface area contributed by atoms with Crippen LogP contribution >= 0.6 is 0 Å². The molecule has 0 aliphatic carbocycles. The number of nitrogens with one attached hydrogen (secondary N) is 3. The van der Waals surface area contributed by atoms with Crippen LogP contribution in [0.25, 0.3) is 11.1 Å². The first-order valence-electron chi connectivity index (χ1n) is 15.1. The van der Waals surface area contributed by atoms with Crippen LogP contribution in [0.2, 0.25) is 0 Å². The summed E-state index contributed by atoms with van der Waals surface area (Å²) >= 11 is 0. The van der Waals surface area contributed by atoms with Gasteiger partial charge in [-0.1, -0.05) is 13.0 Å². The summed E-state index contributed by atoms with van der Waals surface area (Å²) in [6, 6.07) is 10.4. The Kier molecular flexibility index (Phi) is 9.72. The van der Waals surface area contributed by atoms with Crippen molar-refractivity contribution in [1.82, 2.24) is 20.2 Å². The van der Waals surface area contributed by atoms with Gasteiger partial charge in [-0.05, 0) is 81.0 Å². The van der Waals surface area contributed by atoms with Crippen LogP contribution in [0.5, 0.6) is 0 Å². The van der Waals surface area contributed by atoms with Crippen molar-refractivity contribution in [3.63, 3.8) is 0 Å². The number of ether oxygens (including phenoxy) is 2. The van der Waals surface area contributed by atoms with Crippen LogP contribution < -0.4 is 16.2 Å². The Morgan fingerprint density at radius 2 is 1.90 bits per heavy atom. The Morgan fingerprint density at radius 1 is 1.10 bits per heavy atom. The molecule has 42 heavy (non-hydrogen) atoms. The number of hydrogen-bond donors (Lipinski definition) is 3. The summed E-state index contributed by atoms with van der Waals surface area (Å²) < 4.78 is 11.4. The maximum absolute atomic E-state index is 13.6. The maximum Gasteiger partial charge on any atom is 0.253 e. The monoisotopic (exact) mass is 573 g/mol. The van der Waals surface area contributed by atoms with Crippen LogP contribution in [0.3, 0.4) is 0 Å². The number of anilines is 1. The highest BCUT2D eigenvalue weighted by Crippen LogP contribution is 2.31. The lowest BCUT2D eigenvalue weighted by Crippen LogP contribution is -2.35. The SMILES string of the molecule is CCC1CC(Nc2cc(-c3ccc(CN4CCOCC4)nc3)cc(C(=O)NCc3c(C)cc(C)[nH]c3=O)c2C)CCO1. The Labute approximate surface area is 248 Å². The number of nitrogens with zero attached hydrogens (tertiary/aromatic N) is 2. The van der Waals surface area contributed by atoms with E-state index in [0.717, 1.165) is 98.0 Å². The molecule has 3 aromatic rings. The molecule has 2 aromatic heterocycles. The number of H-pyrrole nitrogens is 1. The molecule has 2 atom stereocenters. The Bertz CT molecular complexity index is 1450. The zero-order chi connectivity index (χ0) is 29.6. The second-order valence-electron chi connectivity index (χ2n) is 11.5. The maximum atomic E-state index is 13.6. The fraction of sp³-hybridized carbons (Fsp3) is 0.485. The van der Waals surface area contributed by atoms with Crippen molar-refractivity contribution >= 4 is 11.6 Å². The number of carbonyl (C=O) groups is 1. The molecule has 2 aliphatic heterocycles. The number of carbonyl (C=O) groups excluding carboxylic acids is 1. The molecule has 3 N–H and O–H groups in total. The Morgan fingerprint density at radius 3 is 2.62 bits per heavy atom. The fourth-order valence-electron chi connectivity index (χ4n) is 5.82. The molecule has 2 saturated heterocycles.